The summed E-state index contributed by atoms with van der Waals surface area (Å²) in [5.74, 6) is 0.864. The maximum absolute atomic E-state index is 5.60. The molecule has 13 heavy (non-hydrogen) atoms. The highest BCUT2D eigenvalue weighted by Gasteiger charge is 1.99. The first-order valence-electron chi connectivity index (χ1n) is 4.42. The van der Waals surface area contributed by atoms with Crippen molar-refractivity contribution in [2.75, 3.05) is 12.3 Å². The number of rotatable bonds is 4. The van der Waals surface area contributed by atoms with Gasteiger partial charge in [0.2, 0.25) is 0 Å². The smallest absolute Gasteiger partial charge is 0.133 e. The van der Waals surface area contributed by atoms with Crippen molar-refractivity contribution < 1.29 is 4.74 Å². The zero-order chi connectivity index (χ0) is 9.68. The maximum Gasteiger partial charge on any atom is 0.133 e. The molecule has 0 aliphatic carbocycles. The Morgan fingerprint density at radius 1 is 1.46 bits per heavy atom. The first kappa shape index (κ1) is 10.4. The fourth-order valence-electron chi connectivity index (χ4n) is 0.961. The fraction of sp³-hybridized carbons (Fsp3) is 0.400. The molecule has 72 valence electrons. The summed E-state index contributed by atoms with van der Waals surface area (Å²) >= 11 is 3.39. The highest BCUT2D eigenvalue weighted by Crippen LogP contribution is 2.26. The van der Waals surface area contributed by atoms with Crippen LogP contribution >= 0.6 is 15.9 Å². The zero-order valence-corrected chi connectivity index (χ0v) is 9.30. The highest BCUT2D eigenvalue weighted by molar-refractivity contribution is 9.10. The predicted octanol–water partition coefficient (Wildman–Crippen LogP) is 3.21. The van der Waals surface area contributed by atoms with Crippen LogP contribution in [0, 0.1) is 0 Å². The van der Waals surface area contributed by atoms with Gasteiger partial charge in [-0.3, -0.25) is 0 Å². The van der Waals surface area contributed by atoms with Crippen LogP contribution in [-0.2, 0) is 0 Å². The molecule has 1 aromatic carbocycles. The molecule has 0 aromatic heterocycles. The largest absolute Gasteiger partial charge is 0.492 e. The van der Waals surface area contributed by atoms with Crippen molar-refractivity contribution >= 4 is 21.6 Å². The molecule has 3 heteroatoms. The summed E-state index contributed by atoms with van der Waals surface area (Å²) in [6, 6.07) is 5.57. The minimum absolute atomic E-state index is 0.745. The van der Waals surface area contributed by atoms with Crippen molar-refractivity contribution in [3.63, 3.8) is 0 Å². The van der Waals surface area contributed by atoms with Crippen molar-refractivity contribution in [1.82, 2.24) is 0 Å². The molecular formula is C10H14BrNO. The lowest BCUT2D eigenvalue weighted by atomic mass is 10.3. The topological polar surface area (TPSA) is 35.2 Å². The van der Waals surface area contributed by atoms with E-state index in [1.54, 1.807) is 0 Å². The monoisotopic (exact) mass is 243 g/mol. The van der Waals surface area contributed by atoms with Gasteiger partial charge in [-0.2, -0.15) is 0 Å². The molecule has 0 saturated carbocycles. The van der Waals surface area contributed by atoms with Crippen LogP contribution in [-0.4, -0.2) is 6.61 Å². The van der Waals surface area contributed by atoms with Crippen LogP contribution in [0.2, 0.25) is 0 Å². The van der Waals surface area contributed by atoms with Gasteiger partial charge in [-0.15, -0.1) is 0 Å². The number of hydrogen-bond acceptors (Lipinski definition) is 2. The Morgan fingerprint density at radius 3 is 2.85 bits per heavy atom. The minimum atomic E-state index is 0.745. The zero-order valence-electron chi connectivity index (χ0n) is 7.72. The molecule has 0 unspecified atom stereocenters. The van der Waals surface area contributed by atoms with Crippen LogP contribution in [0.4, 0.5) is 5.69 Å². The van der Waals surface area contributed by atoms with Crippen LogP contribution in [0.1, 0.15) is 19.8 Å². The molecular weight excluding hydrogens is 230 g/mol. The molecule has 2 N–H and O–H groups in total. The van der Waals surface area contributed by atoms with E-state index in [2.05, 4.69) is 22.9 Å². The highest BCUT2D eigenvalue weighted by atomic mass is 79.9. The lowest BCUT2D eigenvalue weighted by Crippen LogP contribution is -1.97. The van der Waals surface area contributed by atoms with Gasteiger partial charge in [0.25, 0.3) is 0 Å². The van der Waals surface area contributed by atoms with Gasteiger partial charge in [0.15, 0.2) is 0 Å². The van der Waals surface area contributed by atoms with Crippen LogP contribution in [0.25, 0.3) is 0 Å². The van der Waals surface area contributed by atoms with Crippen molar-refractivity contribution in [2.24, 2.45) is 0 Å². The number of unbranched alkanes of at least 4 members (excludes halogenated alkanes) is 1. The van der Waals surface area contributed by atoms with E-state index in [0.29, 0.717) is 0 Å². The normalized spacial score (nSPS) is 10.0. The summed E-state index contributed by atoms with van der Waals surface area (Å²) < 4.78 is 6.45. The van der Waals surface area contributed by atoms with Gasteiger partial charge in [-0.25, -0.2) is 0 Å². The second-order valence-electron chi connectivity index (χ2n) is 2.89. The molecule has 1 aromatic rings. The Bertz CT molecular complexity index is 276. The fourth-order valence-corrected chi connectivity index (χ4v) is 1.47. The second-order valence-corrected chi connectivity index (χ2v) is 3.75. The first-order valence-corrected chi connectivity index (χ1v) is 5.21. The van der Waals surface area contributed by atoms with Crippen LogP contribution < -0.4 is 10.5 Å². The molecule has 0 aliphatic heterocycles. The van der Waals surface area contributed by atoms with Gasteiger partial charge in [-0.05, 0) is 40.5 Å². The quantitative estimate of drug-likeness (QED) is 0.652. The molecule has 0 amide bonds. The van der Waals surface area contributed by atoms with Crippen LogP contribution in [0.15, 0.2) is 22.7 Å². The number of nitrogens with two attached hydrogens (primary N) is 1. The van der Waals surface area contributed by atoms with Gasteiger partial charge < -0.3 is 10.5 Å². The lowest BCUT2D eigenvalue weighted by molar-refractivity contribution is 0.307. The van der Waals surface area contributed by atoms with Gasteiger partial charge in [-0.1, -0.05) is 13.3 Å². The van der Waals surface area contributed by atoms with E-state index in [9.17, 15) is 0 Å². The Morgan fingerprint density at radius 2 is 2.23 bits per heavy atom. The van der Waals surface area contributed by atoms with E-state index in [1.807, 2.05) is 18.2 Å². The summed E-state index contributed by atoms with van der Waals surface area (Å²) in [7, 11) is 0. The lowest BCUT2D eigenvalue weighted by Gasteiger charge is -2.07. The molecule has 0 atom stereocenters. The predicted molar refractivity (Wildman–Crippen MR) is 59.0 cm³/mol. The molecule has 0 bridgehead atoms. The summed E-state index contributed by atoms with van der Waals surface area (Å²) in [6.45, 7) is 2.90. The third-order valence-electron chi connectivity index (χ3n) is 1.71. The summed E-state index contributed by atoms with van der Waals surface area (Å²) in [5.41, 5.74) is 6.34. The summed E-state index contributed by atoms with van der Waals surface area (Å²) in [5, 5.41) is 0. The van der Waals surface area contributed by atoms with E-state index in [4.69, 9.17) is 10.5 Å². The molecule has 0 heterocycles. The average Bonchev–Trinajstić information content (AvgIpc) is 2.09. The van der Waals surface area contributed by atoms with E-state index in [-0.39, 0.29) is 0 Å². The molecule has 0 spiro atoms. The summed E-state index contributed by atoms with van der Waals surface area (Å²) in [4.78, 5) is 0. The Balaban J connectivity index is 2.56. The number of halogens is 1. The van der Waals surface area contributed by atoms with Crippen LogP contribution in [0.3, 0.4) is 0 Å². The van der Waals surface area contributed by atoms with Gasteiger partial charge in [0.05, 0.1) is 11.1 Å². The Labute approximate surface area is 87.2 Å². The number of hydrogen-bond donors (Lipinski definition) is 1. The van der Waals surface area contributed by atoms with E-state index in [0.717, 1.165) is 35.4 Å². The average molecular weight is 244 g/mol. The second kappa shape index (κ2) is 5.12. The number of anilines is 1. The van der Waals surface area contributed by atoms with E-state index >= 15 is 0 Å². The molecule has 0 fully saturated rings. The first-order chi connectivity index (χ1) is 6.24. The number of benzene rings is 1. The SMILES string of the molecule is CCCCOc1ccc(N)cc1Br. The molecule has 0 radical (unpaired) electrons. The summed E-state index contributed by atoms with van der Waals surface area (Å²) in [6.07, 6.45) is 2.23. The van der Waals surface area contributed by atoms with Crippen LogP contribution in [0.5, 0.6) is 5.75 Å². The number of nitrogen functional groups attached to an aromatic ring is 1. The van der Waals surface area contributed by atoms with Gasteiger partial charge in [0, 0.05) is 5.69 Å². The molecule has 1 rings (SSSR count). The Hall–Kier alpha value is -0.700. The van der Waals surface area contributed by atoms with Gasteiger partial charge >= 0.3 is 0 Å². The molecule has 2 nitrogen and oxygen atoms in total. The minimum Gasteiger partial charge on any atom is -0.492 e. The third-order valence-corrected chi connectivity index (χ3v) is 2.33. The molecule has 0 saturated heterocycles. The van der Waals surface area contributed by atoms with Crippen molar-refractivity contribution in [3.05, 3.63) is 22.7 Å². The third kappa shape index (κ3) is 3.27. The van der Waals surface area contributed by atoms with Crippen molar-refractivity contribution in [2.45, 2.75) is 19.8 Å². The van der Waals surface area contributed by atoms with Crippen molar-refractivity contribution in [3.8, 4) is 5.75 Å². The Kier molecular flexibility index (Phi) is 4.09. The van der Waals surface area contributed by atoms with E-state index < -0.39 is 0 Å². The maximum atomic E-state index is 5.60. The van der Waals surface area contributed by atoms with E-state index in [1.165, 1.54) is 0 Å². The standard InChI is InChI=1S/C10H14BrNO/c1-2-3-6-13-10-5-4-8(12)7-9(10)11/h4-5,7H,2-3,6,12H2,1H3. The number of ether oxygens (including phenoxy) is 1. The molecule has 0 aliphatic rings. The van der Waals surface area contributed by atoms with Gasteiger partial charge in [0.1, 0.15) is 5.75 Å². The van der Waals surface area contributed by atoms with Crippen molar-refractivity contribution in [1.29, 1.82) is 0 Å².